The summed E-state index contributed by atoms with van der Waals surface area (Å²) in [5.74, 6) is 1.10. The van der Waals surface area contributed by atoms with Gasteiger partial charge in [-0.3, -0.25) is 14.6 Å². The van der Waals surface area contributed by atoms with Crippen LogP contribution >= 0.6 is 0 Å². The fourth-order valence-electron chi connectivity index (χ4n) is 4.88. The summed E-state index contributed by atoms with van der Waals surface area (Å²) in [5, 5.41) is 0. The van der Waals surface area contributed by atoms with E-state index in [1.165, 1.54) is 11.3 Å². The van der Waals surface area contributed by atoms with Crippen molar-refractivity contribution in [2.75, 3.05) is 45.8 Å². The molecule has 1 aromatic heterocycles. The highest BCUT2D eigenvalue weighted by atomic mass is 16.7. The number of carbonyl (C=O) groups excluding carboxylic acids is 1. The van der Waals surface area contributed by atoms with Gasteiger partial charge in [0.25, 0.3) is 5.91 Å². The Morgan fingerprint density at radius 2 is 1.86 bits per heavy atom. The van der Waals surface area contributed by atoms with E-state index in [9.17, 15) is 4.79 Å². The Bertz CT molecular complexity index is 918. The average molecular weight is 396 g/mol. The summed E-state index contributed by atoms with van der Waals surface area (Å²) in [6.45, 7) is 8.68. The molecule has 5 rings (SSSR count). The van der Waals surface area contributed by atoms with Crippen LogP contribution < -0.4 is 10.3 Å². The molecule has 29 heavy (non-hydrogen) atoms. The maximum absolute atomic E-state index is 12.8. The van der Waals surface area contributed by atoms with Gasteiger partial charge in [-0.15, -0.1) is 5.48 Å². The van der Waals surface area contributed by atoms with Crippen molar-refractivity contribution >= 4 is 5.91 Å². The minimum Gasteiger partial charge on any atom is -0.406 e. The number of rotatable bonds is 4. The van der Waals surface area contributed by atoms with Crippen LogP contribution in [0.25, 0.3) is 0 Å². The Balaban J connectivity index is 1.16. The number of benzene rings is 1. The molecule has 1 saturated heterocycles. The SMILES string of the molecule is Cn1ccc2c1CCN(CCN1CCN(C3(C)NOc4ccccc43)CC1)C2=O. The monoisotopic (exact) mass is 395 g/mol. The minimum atomic E-state index is -0.283. The zero-order valence-electron chi connectivity index (χ0n) is 17.2. The molecule has 7 nitrogen and oxygen atoms in total. The van der Waals surface area contributed by atoms with E-state index in [1.807, 2.05) is 36.3 Å². The number of amides is 1. The van der Waals surface area contributed by atoms with Crippen LogP contribution in [0.3, 0.4) is 0 Å². The van der Waals surface area contributed by atoms with Crippen LogP contribution in [-0.4, -0.2) is 71.0 Å². The third kappa shape index (κ3) is 3.13. The first-order valence-corrected chi connectivity index (χ1v) is 10.5. The highest BCUT2D eigenvalue weighted by Gasteiger charge is 2.42. The number of nitrogens with one attached hydrogen (secondary N) is 1. The summed E-state index contributed by atoms with van der Waals surface area (Å²) in [7, 11) is 2.02. The van der Waals surface area contributed by atoms with Gasteiger partial charge in [0.1, 0.15) is 5.66 Å². The molecule has 0 radical (unpaired) electrons. The summed E-state index contributed by atoms with van der Waals surface area (Å²) in [4.78, 5) is 25.4. The predicted octanol–water partition coefficient (Wildman–Crippen LogP) is 1.41. The summed E-state index contributed by atoms with van der Waals surface area (Å²) in [5.41, 5.74) is 6.20. The number of hydroxylamine groups is 1. The number of para-hydroxylation sites is 1. The summed E-state index contributed by atoms with van der Waals surface area (Å²) in [6.07, 6.45) is 2.94. The van der Waals surface area contributed by atoms with Crippen molar-refractivity contribution in [1.82, 2.24) is 24.7 Å². The van der Waals surface area contributed by atoms with Crippen LogP contribution in [0.5, 0.6) is 5.75 Å². The van der Waals surface area contributed by atoms with Crippen LogP contribution in [0.1, 0.15) is 28.5 Å². The molecule has 2 aromatic rings. The lowest BCUT2D eigenvalue weighted by Crippen LogP contribution is -2.59. The zero-order valence-corrected chi connectivity index (χ0v) is 17.2. The lowest BCUT2D eigenvalue weighted by atomic mass is 9.99. The molecule has 1 unspecified atom stereocenters. The topological polar surface area (TPSA) is 53.0 Å². The highest BCUT2D eigenvalue weighted by molar-refractivity contribution is 5.96. The summed E-state index contributed by atoms with van der Waals surface area (Å²) < 4.78 is 2.07. The minimum absolute atomic E-state index is 0.182. The van der Waals surface area contributed by atoms with E-state index in [0.29, 0.717) is 0 Å². The predicted molar refractivity (Wildman–Crippen MR) is 111 cm³/mol. The van der Waals surface area contributed by atoms with Crippen molar-refractivity contribution in [1.29, 1.82) is 0 Å². The Morgan fingerprint density at radius 1 is 1.07 bits per heavy atom. The molecule has 4 heterocycles. The number of fused-ring (bicyclic) bond motifs is 2. The van der Waals surface area contributed by atoms with Gasteiger partial charge in [-0.2, -0.15) is 0 Å². The molecule has 0 bridgehead atoms. The van der Waals surface area contributed by atoms with Crippen LogP contribution in [0, 0.1) is 0 Å². The van der Waals surface area contributed by atoms with E-state index in [1.54, 1.807) is 0 Å². The van der Waals surface area contributed by atoms with E-state index in [4.69, 9.17) is 4.84 Å². The molecule has 3 aliphatic heterocycles. The van der Waals surface area contributed by atoms with Crippen LogP contribution in [0.4, 0.5) is 0 Å². The normalized spacial score (nSPS) is 25.0. The molecule has 1 fully saturated rings. The summed E-state index contributed by atoms with van der Waals surface area (Å²) in [6, 6.07) is 10.2. The first kappa shape index (κ1) is 18.7. The van der Waals surface area contributed by atoms with E-state index in [0.717, 1.165) is 63.5 Å². The Hall–Kier alpha value is -2.35. The number of nitrogens with zero attached hydrogens (tertiary/aromatic N) is 4. The maximum atomic E-state index is 12.8. The van der Waals surface area contributed by atoms with Crippen molar-refractivity contribution in [3.63, 3.8) is 0 Å². The van der Waals surface area contributed by atoms with Gasteiger partial charge in [0, 0.05) is 76.7 Å². The van der Waals surface area contributed by atoms with Crippen LogP contribution in [0.2, 0.25) is 0 Å². The first-order valence-electron chi connectivity index (χ1n) is 10.5. The molecule has 7 heteroatoms. The Labute approximate surface area is 171 Å². The molecular weight excluding hydrogens is 366 g/mol. The number of carbonyl (C=O) groups is 1. The van der Waals surface area contributed by atoms with E-state index in [2.05, 4.69) is 38.9 Å². The van der Waals surface area contributed by atoms with Gasteiger partial charge in [0.15, 0.2) is 5.75 Å². The lowest BCUT2D eigenvalue weighted by Gasteiger charge is -2.43. The fraction of sp³-hybridized carbons (Fsp3) is 0.500. The second-order valence-corrected chi connectivity index (χ2v) is 8.43. The third-order valence-corrected chi connectivity index (χ3v) is 6.80. The van der Waals surface area contributed by atoms with Crippen LogP contribution in [0.15, 0.2) is 36.5 Å². The molecule has 0 aliphatic carbocycles. The zero-order chi connectivity index (χ0) is 20.0. The molecule has 154 valence electrons. The standard InChI is InChI=1S/C22H29N5O2/c1-22(18-5-3-4-6-20(18)29-23-22)27-15-12-25(13-16-27)11-14-26-10-8-19-17(21(26)28)7-9-24(19)2/h3-7,9,23H,8,10-16H2,1-2H3. The molecule has 1 N–H and O–H groups in total. The third-order valence-electron chi connectivity index (χ3n) is 6.80. The van der Waals surface area contributed by atoms with Crippen molar-refractivity contribution in [3.8, 4) is 5.75 Å². The van der Waals surface area contributed by atoms with Gasteiger partial charge in [0.05, 0.1) is 5.56 Å². The molecule has 3 aliphatic rings. The molecule has 0 spiro atoms. The molecule has 1 atom stereocenters. The van der Waals surface area contributed by atoms with Crippen molar-refractivity contribution in [2.24, 2.45) is 7.05 Å². The number of piperazine rings is 1. The van der Waals surface area contributed by atoms with Gasteiger partial charge in [-0.1, -0.05) is 18.2 Å². The second kappa shape index (κ2) is 7.16. The van der Waals surface area contributed by atoms with Gasteiger partial charge in [0.2, 0.25) is 0 Å². The van der Waals surface area contributed by atoms with Gasteiger partial charge in [-0.25, -0.2) is 0 Å². The molecule has 0 saturated carbocycles. The van der Waals surface area contributed by atoms with E-state index < -0.39 is 0 Å². The highest BCUT2D eigenvalue weighted by Crippen LogP contribution is 2.37. The van der Waals surface area contributed by atoms with Crippen LogP contribution in [-0.2, 0) is 19.1 Å². The smallest absolute Gasteiger partial charge is 0.255 e. The fourth-order valence-corrected chi connectivity index (χ4v) is 4.88. The van der Waals surface area contributed by atoms with Gasteiger partial charge >= 0.3 is 0 Å². The maximum Gasteiger partial charge on any atom is 0.255 e. The number of hydrogen-bond donors (Lipinski definition) is 1. The first-order chi connectivity index (χ1) is 14.1. The number of aromatic nitrogens is 1. The van der Waals surface area contributed by atoms with E-state index in [-0.39, 0.29) is 11.6 Å². The van der Waals surface area contributed by atoms with Gasteiger partial charge in [-0.05, 0) is 19.1 Å². The van der Waals surface area contributed by atoms with Crippen molar-refractivity contribution < 1.29 is 9.63 Å². The lowest BCUT2D eigenvalue weighted by molar-refractivity contribution is -0.0265. The average Bonchev–Trinajstić information content (AvgIpc) is 3.30. The summed E-state index contributed by atoms with van der Waals surface area (Å²) >= 11 is 0. The quantitative estimate of drug-likeness (QED) is 0.849. The Morgan fingerprint density at radius 3 is 2.69 bits per heavy atom. The second-order valence-electron chi connectivity index (χ2n) is 8.43. The largest absolute Gasteiger partial charge is 0.406 e. The number of hydrogen-bond acceptors (Lipinski definition) is 5. The van der Waals surface area contributed by atoms with Crippen molar-refractivity contribution in [2.45, 2.75) is 19.0 Å². The molecular formula is C22H29N5O2. The van der Waals surface area contributed by atoms with E-state index >= 15 is 0 Å². The Kier molecular flexibility index (Phi) is 4.61. The van der Waals surface area contributed by atoms with Gasteiger partial charge < -0.3 is 14.3 Å². The van der Waals surface area contributed by atoms with Crippen molar-refractivity contribution in [3.05, 3.63) is 53.3 Å². The molecule has 1 aromatic carbocycles. The molecule has 1 amide bonds. The number of aryl methyl sites for hydroxylation is 1.